The highest BCUT2D eigenvalue weighted by Crippen LogP contribution is 2.04. The van der Waals surface area contributed by atoms with Gasteiger partial charge in [0.25, 0.3) is 0 Å². The number of nitrogens with one attached hydrogen (secondary N) is 1. The lowest BCUT2D eigenvalue weighted by Crippen LogP contribution is -2.28. The van der Waals surface area contributed by atoms with E-state index < -0.39 is 0 Å². The minimum Gasteiger partial charge on any atom is -0.336 e. The third-order valence-corrected chi connectivity index (χ3v) is 2.37. The molecular weight excluding hydrogens is 229 g/mol. The van der Waals surface area contributed by atoms with Gasteiger partial charge in [-0.3, -0.25) is 4.79 Å². The highest BCUT2D eigenvalue weighted by Gasteiger charge is 2.02. The summed E-state index contributed by atoms with van der Waals surface area (Å²) < 4.78 is 12.6. The minimum atomic E-state index is -0.356. The Morgan fingerprint density at radius 3 is 2.69 bits per heavy atom. The Bertz CT molecular complexity index is 375. The molecule has 1 aromatic carbocycles. The van der Waals surface area contributed by atoms with Crippen molar-refractivity contribution in [3.63, 3.8) is 0 Å². The van der Waals surface area contributed by atoms with Crippen LogP contribution in [-0.4, -0.2) is 11.4 Å². The largest absolute Gasteiger partial charge is 0.336 e. The van der Waals surface area contributed by atoms with E-state index in [-0.39, 0.29) is 17.2 Å². The Kier molecular flexibility index (Phi) is 4.99. The van der Waals surface area contributed by atoms with Crippen LogP contribution >= 0.6 is 11.6 Å². The third kappa shape index (κ3) is 4.45. The summed E-state index contributed by atoms with van der Waals surface area (Å²) in [6.45, 7) is 1.88. The van der Waals surface area contributed by atoms with Gasteiger partial charge in [-0.25, -0.2) is 4.39 Å². The molecule has 0 saturated carbocycles. The topological polar surface area (TPSA) is 29.1 Å². The van der Waals surface area contributed by atoms with Crippen LogP contribution in [0, 0.1) is 5.82 Å². The molecule has 0 unspecified atom stereocenters. The van der Waals surface area contributed by atoms with Crippen molar-refractivity contribution in [1.82, 2.24) is 5.32 Å². The normalized spacial score (nSPS) is 12.7. The average molecular weight is 242 g/mol. The van der Waals surface area contributed by atoms with E-state index in [1.54, 1.807) is 18.2 Å². The van der Waals surface area contributed by atoms with Crippen LogP contribution in [0.2, 0.25) is 0 Å². The molecule has 0 saturated heterocycles. The van der Waals surface area contributed by atoms with Crippen LogP contribution in [0.25, 0.3) is 6.08 Å². The molecule has 0 radical (unpaired) electrons. The molecule has 4 heteroatoms. The number of hydrogen-bond acceptors (Lipinski definition) is 1. The highest BCUT2D eigenvalue weighted by molar-refractivity contribution is 6.21. The maximum atomic E-state index is 12.6. The van der Waals surface area contributed by atoms with Gasteiger partial charge in [0.1, 0.15) is 11.3 Å². The monoisotopic (exact) mass is 241 g/mol. The summed E-state index contributed by atoms with van der Waals surface area (Å²) in [5.74, 6) is -0.556. The molecular formula is C12H13ClFNO. The number of rotatable bonds is 4. The molecule has 86 valence electrons. The molecule has 1 aromatic rings. The van der Waals surface area contributed by atoms with Gasteiger partial charge < -0.3 is 5.32 Å². The second kappa shape index (κ2) is 6.28. The fraction of sp³-hybridized carbons (Fsp3) is 0.250. The number of alkyl halides is 1. The van der Waals surface area contributed by atoms with E-state index in [0.717, 1.165) is 5.56 Å². The van der Waals surface area contributed by atoms with E-state index in [1.807, 2.05) is 6.92 Å². The first-order valence-corrected chi connectivity index (χ1v) is 5.43. The molecule has 0 aliphatic carbocycles. The standard InChI is InChI=1S/C12H13ClFNO/c1-2-11(13)15-12(16)8-5-9-3-6-10(14)7-4-9/h3-8,11H,2H2,1H3,(H,15,16)/b8-5+/t11-/m1/s1. The SMILES string of the molecule is CC[C@H](Cl)NC(=O)/C=C/c1ccc(F)cc1. The van der Waals surface area contributed by atoms with Crippen molar-refractivity contribution in [3.05, 3.63) is 41.7 Å². The van der Waals surface area contributed by atoms with Crippen LogP contribution in [0.5, 0.6) is 0 Å². The molecule has 0 bridgehead atoms. The summed E-state index contributed by atoms with van der Waals surface area (Å²) in [5.41, 5.74) is 0.407. The summed E-state index contributed by atoms with van der Waals surface area (Å²) in [6, 6.07) is 5.87. The van der Waals surface area contributed by atoms with Crippen LogP contribution in [0.4, 0.5) is 4.39 Å². The average Bonchev–Trinajstić information content (AvgIpc) is 2.28. The van der Waals surface area contributed by atoms with E-state index in [2.05, 4.69) is 5.32 Å². The number of halogens is 2. The molecule has 0 fully saturated rings. The first-order valence-electron chi connectivity index (χ1n) is 5.00. The zero-order chi connectivity index (χ0) is 12.0. The number of amides is 1. The summed E-state index contributed by atoms with van der Waals surface area (Å²) >= 11 is 5.75. The quantitative estimate of drug-likeness (QED) is 0.490. The lowest BCUT2D eigenvalue weighted by atomic mass is 10.2. The van der Waals surface area contributed by atoms with Crippen molar-refractivity contribution in [3.8, 4) is 0 Å². The Hall–Kier alpha value is -1.35. The maximum Gasteiger partial charge on any atom is 0.245 e. The van der Waals surface area contributed by atoms with E-state index in [9.17, 15) is 9.18 Å². The van der Waals surface area contributed by atoms with E-state index in [4.69, 9.17) is 11.6 Å². The molecule has 0 heterocycles. The number of carbonyl (C=O) groups excluding carboxylic acids is 1. The molecule has 1 amide bonds. The first-order chi connectivity index (χ1) is 7.61. The molecule has 0 spiro atoms. The number of hydrogen-bond donors (Lipinski definition) is 1. The van der Waals surface area contributed by atoms with E-state index >= 15 is 0 Å². The van der Waals surface area contributed by atoms with Crippen molar-refractivity contribution < 1.29 is 9.18 Å². The van der Waals surface area contributed by atoms with Crippen molar-refractivity contribution in [2.24, 2.45) is 0 Å². The molecule has 1 rings (SSSR count). The number of benzene rings is 1. The van der Waals surface area contributed by atoms with E-state index in [0.29, 0.717) is 6.42 Å². The van der Waals surface area contributed by atoms with Gasteiger partial charge in [0.15, 0.2) is 0 Å². The second-order valence-electron chi connectivity index (χ2n) is 3.27. The molecule has 1 N–H and O–H groups in total. The van der Waals surface area contributed by atoms with Gasteiger partial charge in [-0.1, -0.05) is 30.7 Å². The predicted molar refractivity (Wildman–Crippen MR) is 63.5 cm³/mol. The minimum absolute atomic E-state index is 0.258. The van der Waals surface area contributed by atoms with Gasteiger partial charge in [0.2, 0.25) is 5.91 Å². The molecule has 0 aliphatic heterocycles. The van der Waals surface area contributed by atoms with Crippen LogP contribution in [0.1, 0.15) is 18.9 Å². The fourth-order valence-electron chi connectivity index (χ4n) is 1.05. The smallest absolute Gasteiger partial charge is 0.245 e. The van der Waals surface area contributed by atoms with Gasteiger partial charge in [0.05, 0.1) is 0 Å². The van der Waals surface area contributed by atoms with Crippen molar-refractivity contribution in [2.45, 2.75) is 18.8 Å². The van der Waals surface area contributed by atoms with Gasteiger partial charge >= 0.3 is 0 Å². The molecule has 0 aliphatic rings. The lowest BCUT2D eigenvalue weighted by Gasteiger charge is -2.05. The highest BCUT2D eigenvalue weighted by atomic mass is 35.5. The fourth-order valence-corrected chi connectivity index (χ4v) is 1.16. The second-order valence-corrected chi connectivity index (χ2v) is 3.80. The zero-order valence-corrected chi connectivity index (χ0v) is 9.67. The lowest BCUT2D eigenvalue weighted by molar-refractivity contribution is -0.116. The molecule has 1 atom stereocenters. The van der Waals surface area contributed by atoms with Crippen LogP contribution < -0.4 is 5.32 Å². The summed E-state index contributed by atoms with van der Waals surface area (Å²) in [4.78, 5) is 11.3. The molecule has 0 aromatic heterocycles. The van der Waals surface area contributed by atoms with E-state index in [1.165, 1.54) is 18.2 Å². The molecule has 2 nitrogen and oxygen atoms in total. The summed E-state index contributed by atoms with van der Waals surface area (Å²) in [5, 5.41) is 2.58. The summed E-state index contributed by atoms with van der Waals surface area (Å²) in [7, 11) is 0. The van der Waals surface area contributed by atoms with Crippen LogP contribution in [-0.2, 0) is 4.79 Å². The van der Waals surface area contributed by atoms with Gasteiger partial charge in [-0.05, 0) is 30.2 Å². The maximum absolute atomic E-state index is 12.6. The van der Waals surface area contributed by atoms with Crippen molar-refractivity contribution >= 4 is 23.6 Å². The zero-order valence-electron chi connectivity index (χ0n) is 8.91. The Labute approximate surface area is 99.1 Å². The van der Waals surface area contributed by atoms with Gasteiger partial charge in [-0.15, -0.1) is 0 Å². The molecule has 16 heavy (non-hydrogen) atoms. The van der Waals surface area contributed by atoms with Crippen LogP contribution in [0.3, 0.4) is 0 Å². The summed E-state index contributed by atoms with van der Waals surface area (Å²) in [6.07, 6.45) is 3.64. The Balaban J connectivity index is 2.53. The van der Waals surface area contributed by atoms with Gasteiger partial charge in [0, 0.05) is 6.08 Å². The third-order valence-electron chi connectivity index (χ3n) is 1.95. The number of carbonyl (C=O) groups is 1. The Morgan fingerprint density at radius 1 is 1.50 bits per heavy atom. The van der Waals surface area contributed by atoms with Crippen LogP contribution in [0.15, 0.2) is 30.3 Å². The van der Waals surface area contributed by atoms with Crippen molar-refractivity contribution in [1.29, 1.82) is 0 Å². The van der Waals surface area contributed by atoms with Gasteiger partial charge in [-0.2, -0.15) is 0 Å². The predicted octanol–water partition coefficient (Wildman–Crippen LogP) is 2.93. The first kappa shape index (κ1) is 12.7. The van der Waals surface area contributed by atoms with Crippen molar-refractivity contribution in [2.75, 3.05) is 0 Å². The Morgan fingerprint density at radius 2 is 2.12 bits per heavy atom.